The Morgan fingerprint density at radius 1 is 1.38 bits per heavy atom. The van der Waals surface area contributed by atoms with Gasteiger partial charge in [0.1, 0.15) is 11.1 Å². The van der Waals surface area contributed by atoms with Crippen LogP contribution in [-0.2, 0) is 20.9 Å². The van der Waals surface area contributed by atoms with Crippen LogP contribution < -0.4 is 0 Å². The molecule has 0 aromatic carbocycles. The molecular formula is C15H22N4O3S2. The number of nitrogens with zero attached hydrogens (tertiary/aromatic N) is 4. The first kappa shape index (κ1) is 17.6. The first-order chi connectivity index (χ1) is 11.6. The summed E-state index contributed by atoms with van der Waals surface area (Å²) in [4.78, 5) is 25.9. The number of amides is 1. The fourth-order valence-corrected chi connectivity index (χ4v) is 4.76. The molecule has 1 aromatic heterocycles. The largest absolute Gasteiger partial charge is 0.468 e. The summed E-state index contributed by atoms with van der Waals surface area (Å²) in [6.45, 7) is 3.99. The fourth-order valence-electron chi connectivity index (χ4n) is 2.72. The molecule has 1 saturated heterocycles. The predicted molar refractivity (Wildman–Crippen MR) is 93.2 cm³/mol. The van der Waals surface area contributed by atoms with Gasteiger partial charge in [-0.1, -0.05) is 11.8 Å². The average molecular weight is 371 g/mol. The number of esters is 1. The topological polar surface area (TPSA) is 77.3 Å². The first-order valence-electron chi connectivity index (χ1n) is 8.17. The Labute approximate surface area is 149 Å². The average Bonchev–Trinajstić information content (AvgIpc) is 3.38. The van der Waals surface area contributed by atoms with Gasteiger partial charge in [-0.2, -0.15) is 0 Å². The number of thioether (sulfide) groups is 2. The zero-order chi connectivity index (χ0) is 17.1. The van der Waals surface area contributed by atoms with E-state index in [4.69, 9.17) is 4.74 Å². The molecule has 1 saturated carbocycles. The van der Waals surface area contributed by atoms with Gasteiger partial charge in [0.15, 0.2) is 5.16 Å². The Hall–Kier alpha value is -1.22. The number of ether oxygens (including phenoxy) is 1. The van der Waals surface area contributed by atoms with Crippen LogP contribution in [0.15, 0.2) is 5.16 Å². The van der Waals surface area contributed by atoms with Gasteiger partial charge < -0.3 is 14.2 Å². The molecule has 7 nitrogen and oxygen atoms in total. The van der Waals surface area contributed by atoms with E-state index in [0.29, 0.717) is 24.8 Å². The van der Waals surface area contributed by atoms with Crippen molar-refractivity contribution in [3.8, 4) is 0 Å². The van der Waals surface area contributed by atoms with Gasteiger partial charge in [0.25, 0.3) is 0 Å². The molecule has 0 bridgehead atoms. The number of carbonyl (C=O) groups excluding carboxylic acids is 2. The summed E-state index contributed by atoms with van der Waals surface area (Å²) >= 11 is 2.98. The van der Waals surface area contributed by atoms with E-state index in [1.54, 1.807) is 16.7 Å². The Morgan fingerprint density at radius 2 is 2.17 bits per heavy atom. The summed E-state index contributed by atoms with van der Waals surface area (Å²) in [5.74, 6) is 2.45. The molecule has 2 heterocycles. The van der Waals surface area contributed by atoms with E-state index >= 15 is 0 Å². The molecule has 24 heavy (non-hydrogen) atoms. The van der Waals surface area contributed by atoms with Crippen molar-refractivity contribution >= 4 is 35.4 Å². The Morgan fingerprint density at radius 3 is 2.83 bits per heavy atom. The van der Waals surface area contributed by atoms with E-state index < -0.39 is 0 Å². The number of aromatic nitrogens is 3. The minimum absolute atomic E-state index is 0.0350. The second-order valence-corrected chi connectivity index (χ2v) is 8.12. The Bertz CT molecular complexity index is 618. The molecule has 132 valence electrons. The van der Waals surface area contributed by atoms with Crippen LogP contribution in [-0.4, -0.2) is 68.5 Å². The summed E-state index contributed by atoms with van der Waals surface area (Å²) in [7, 11) is 1.38. The number of hydrogen-bond acceptors (Lipinski definition) is 7. The highest BCUT2D eigenvalue weighted by Crippen LogP contribution is 2.40. The molecule has 1 aromatic rings. The van der Waals surface area contributed by atoms with E-state index in [1.807, 2.05) is 0 Å². The summed E-state index contributed by atoms with van der Waals surface area (Å²) < 4.78 is 6.89. The fraction of sp³-hybridized carbons (Fsp3) is 0.733. The molecule has 1 aliphatic heterocycles. The SMILES string of the molecule is CCn1c(SCC(=O)N2CCS[C@@H](C(=O)OC)C2)nnc1C1CC1. The van der Waals surface area contributed by atoms with Crippen LogP contribution in [0.5, 0.6) is 0 Å². The van der Waals surface area contributed by atoms with Crippen molar-refractivity contribution in [2.24, 2.45) is 0 Å². The second-order valence-electron chi connectivity index (χ2n) is 5.87. The number of carbonyl (C=O) groups is 2. The zero-order valence-electron chi connectivity index (χ0n) is 13.9. The summed E-state index contributed by atoms with van der Waals surface area (Å²) in [6.07, 6.45) is 2.37. The third-order valence-corrected chi connectivity index (χ3v) is 6.33. The number of rotatable bonds is 6. The third kappa shape index (κ3) is 3.88. The molecule has 2 aliphatic rings. The molecule has 2 fully saturated rings. The van der Waals surface area contributed by atoms with Gasteiger partial charge in [0.05, 0.1) is 12.9 Å². The molecule has 0 radical (unpaired) electrons. The molecule has 0 unspecified atom stereocenters. The van der Waals surface area contributed by atoms with Gasteiger partial charge in [-0.05, 0) is 19.8 Å². The van der Waals surface area contributed by atoms with Gasteiger partial charge in [-0.3, -0.25) is 9.59 Å². The summed E-state index contributed by atoms with van der Waals surface area (Å²) in [5.41, 5.74) is 0. The van der Waals surface area contributed by atoms with E-state index in [-0.39, 0.29) is 17.1 Å². The lowest BCUT2D eigenvalue weighted by atomic mass is 10.3. The highest BCUT2D eigenvalue weighted by molar-refractivity contribution is 8.00. The Kier molecular flexibility index (Phi) is 5.70. The normalized spacial score (nSPS) is 20.9. The van der Waals surface area contributed by atoms with Crippen molar-refractivity contribution in [2.75, 3.05) is 31.7 Å². The maximum absolute atomic E-state index is 12.5. The molecular weight excluding hydrogens is 348 g/mol. The highest BCUT2D eigenvalue weighted by Gasteiger charge is 2.31. The molecule has 9 heteroatoms. The molecule has 1 amide bonds. The Balaban J connectivity index is 1.56. The van der Waals surface area contributed by atoms with E-state index in [0.717, 1.165) is 23.3 Å². The van der Waals surface area contributed by atoms with Gasteiger partial charge in [-0.25, -0.2) is 0 Å². The van der Waals surface area contributed by atoms with Crippen LogP contribution in [0.4, 0.5) is 0 Å². The predicted octanol–water partition coefficient (Wildman–Crippen LogP) is 1.38. The third-order valence-electron chi connectivity index (χ3n) is 4.21. The lowest BCUT2D eigenvalue weighted by molar-refractivity contribution is -0.141. The second kappa shape index (κ2) is 7.77. The first-order valence-corrected chi connectivity index (χ1v) is 10.2. The maximum atomic E-state index is 12.5. The van der Waals surface area contributed by atoms with Gasteiger partial charge in [-0.15, -0.1) is 22.0 Å². The van der Waals surface area contributed by atoms with Crippen molar-refractivity contribution in [1.82, 2.24) is 19.7 Å². The van der Waals surface area contributed by atoms with Crippen molar-refractivity contribution in [2.45, 2.75) is 42.6 Å². The van der Waals surface area contributed by atoms with Gasteiger partial charge in [0.2, 0.25) is 5.91 Å². The summed E-state index contributed by atoms with van der Waals surface area (Å²) in [5, 5.41) is 9.07. The van der Waals surface area contributed by atoms with Crippen LogP contribution in [0, 0.1) is 0 Å². The number of hydrogen-bond donors (Lipinski definition) is 0. The quantitative estimate of drug-likeness (QED) is 0.553. The summed E-state index contributed by atoms with van der Waals surface area (Å²) in [6, 6.07) is 0. The molecule has 1 aliphatic carbocycles. The van der Waals surface area contributed by atoms with Crippen LogP contribution in [0.25, 0.3) is 0 Å². The van der Waals surface area contributed by atoms with Crippen molar-refractivity contribution in [1.29, 1.82) is 0 Å². The smallest absolute Gasteiger partial charge is 0.320 e. The molecule has 0 spiro atoms. The minimum Gasteiger partial charge on any atom is -0.468 e. The van der Waals surface area contributed by atoms with Gasteiger partial charge >= 0.3 is 5.97 Å². The monoisotopic (exact) mass is 370 g/mol. The van der Waals surface area contributed by atoms with Crippen LogP contribution in [0.2, 0.25) is 0 Å². The number of methoxy groups -OCH3 is 1. The molecule has 1 atom stereocenters. The van der Waals surface area contributed by atoms with E-state index in [2.05, 4.69) is 21.7 Å². The zero-order valence-corrected chi connectivity index (χ0v) is 15.6. The van der Waals surface area contributed by atoms with E-state index in [1.165, 1.54) is 31.7 Å². The standard InChI is InChI=1S/C15H22N4O3S2/c1-3-19-13(10-4-5-10)16-17-15(19)24-9-12(20)18-6-7-23-11(8-18)14(21)22-2/h10-11H,3-9H2,1-2H3/t11-/m1/s1. The van der Waals surface area contributed by atoms with Gasteiger partial charge in [0, 0.05) is 31.3 Å². The van der Waals surface area contributed by atoms with Crippen molar-refractivity contribution < 1.29 is 14.3 Å². The lowest BCUT2D eigenvalue weighted by Gasteiger charge is -2.30. The van der Waals surface area contributed by atoms with E-state index in [9.17, 15) is 9.59 Å². The maximum Gasteiger partial charge on any atom is 0.320 e. The molecule has 3 rings (SSSR count). The van der Waals surface area contributed by atoms with Crippen LogP contribution in [0.1, 0.15) is 31.5 Å². The molecule has 0 N–H and O–H groups in total. The van der Waals surface area contributed by atoms with Crippen LogP contribution in [0.3, 0.4) is 0 Å². The lowest BCUT2D eigenvalue weighted by Crippen LogP contribution is -2.45. The van der Waals surface area contributed by atoms with Crippen molar-refractivity contribution in [3.05, 3.63) is 5.82 Å². The van der Waals surface area contributed by atoms with Crippen molar-refractivity contribution in [3.63, 3.8) is 0 Å². The van der Waals surface area contributed by atoms with Crippen LogP contribution >= 0.6 is 23.5 Å². The highest BCUT2D eigenvalue weighted by atomic mass is 32.2. The minimum atomic E-state index is -0.279.